The van der Waals surface area contributed by atoms with Crippen molar-refractivity contribution >= 4 is 29.2 Å². The Labute approximate surface area is 192 Å². The summed E-state index contributed by atoms with van der Waals surface area (Å²) in [5, 5.41) is 2.89. The Kier molecular flexibility index (Phi) is 5.21. The Balaban J connectivity index is 1.31. The lowest BCUT2D eigenvalue weighted by atomic mass is 9.95. The lowest BCUT2D eigenvalue weighted by molar-refractivity contribution is -0.120. The Morgan fingerprint density at radius 3 is 2.24 bits per heavy atom. The van der Waals surface area contributed by atoms with Crippen LogP contribution in [-0.4, -0.2) is 28.8 Å². The van der Waals surface area contributed by atoms with Crippen molar-refractivity contribution in [2.45, 2.75) is 38.8 Å². The Bertz CT molecular complexity index is 1190. The minimum Gasteiger partial charge on any atom is -0.322 e. The van der Waals surface area contributed by atoms with Crippen molar-refractivity contribution < 1.29 is 14.4 Å². The van der Waals surface area contributed by atoms with E-state index < -0.39 is 6.04 Å². The number of fused-ring (bicyclic) bond motifs is 2. The van der Waals surface area contributed by atoms with E-state index >= 15 is 0 Å². The van der Waals surface area contributed by atoms with Gasteiger partial charge in [0.1, 0.15) is 6.04 Å². The minimum absolute atomic E-state index is 0.225. The molecule has 1 saturated heterocycles. The zero-order valence-corrected chi connectivity index (χ0v) is 18.6. The molecule has 0 unspecified atom stereocenters. The molecule has 0 spiro atoms. The molecule has 166 valence electrons. The highest BCUT2D eigenvalue weighted by atomic mass is 16.2. The van der Waals surface area contributed by atoms with Crippen LogP contribution in [0, 0.1) is 0 Å². The molecule has 6 nitrogen and oxygen atoms in total. The first-order chi connectivity index (χ1) is 15.9. The topological polar surface area (TPSA) is 69.7 Å². The molecule has 2 heterocycles. The van der Waals surface area contributed by atoms with Gasteiger partial charge in [-0.1, -0.05) is 50.2 Å². The summed E-state index contributed by atoms with van der Waals surface area (Å²) in [5.74, 6) is -0.0460. The molecule has 3 aromatic carbocycles. The van der Waals surface area contributed by atoms with E-state index in [0.29, 0.717) is 30.1 Å². The first-order valence-corrected chi connectivity index (χ1v) is 11.1. The van der Waals surface area contributed by atoms with Gasteiger partial charge in [0.2, 0.25) is 0 Å². The molecule has 5 rings (SSSR count). The third kappa shape index (κ3) is 3.78. The van der Waals surface area contributed by atoms with E-state index in [-0.39, 0.29) is 17.8 Å². The lowest BCUT2D eigenvalue weighted by Gasteiger charge is -2.28. The zero-order chi connectivity index (χ0) is 23.1. The lowest BCUT2D eigenvalue weighted by Crippen LogP contribution is -2.39. The van der Waals surface area contributed by atoms with E-state index in [1.54, 1.807) is 29.2 Å². The van der Waals surface area contributed by atoms with Gasteiger partial charge in [0.25, 0.3) is 11.8 Å². The number of carbonyl (C=O) groups is 3. The van der Waals surface area contributed by atoms with Gasteiger partial charge in [-0.05, 0) is 59.0 Å². The van der Waals surface area contributed by atoms with Gasteiger partial charge in [-0.3, -0.25) is 9.59 Å². The summed E-state index contributed by atoms with van der Waals surface area (Å²) < 4.78 is 0. The number of hydrogen-bond acceptors (Lipinski definition) is 3. The number of imide groups is 1. The molecule has 3 aromatic rings. The zero-order valence-electron chi connectivity index (χ0n) is 18.6. The van der Waals surface area contributed by atoms with E-state index in [9.17, 15) is 14.4 Å². The van der Waals surface area contributed by atoms with Crippen LogP contribution in [0.2, 0.25) is 0 Å². The molecular weight excluding hydrogens is 414 g/mol. The monoisotopic (exact) mass is 439 g/mol. The molecule has 0 aliphatic carbocycles. The van der Waals surface area contributed by atoms with Crippen molar-refractivity contribution in [3.05, 3.63) is 95.1 Å². The smallest absolute Gasteiger partial charge is 0.322 e. The number of rotatable bonds is 4. The summed E-state index contributed by atoms with van der Waals surface area (Å²) in [6.07, 6.45) is 0.521. The fourth-order valence-electron chi connectivity index (χ4n) is 4.47. The molecule has 1 fully saturated rings. The maximum Gasteiger partial charge on any atom is 0.332 e. The summed E-state index contributed by atoms with van der Waals surface area (Å²) in [6.45, 7) is 4.67. The number of hydrogen-bond donors (Lipinski definition) is 1. The second-order valence-electron chi connectivity index (χ2n) is 8.85. The summed E-state index contributed by atoms with van der Waals surface area (Å²) in [6, 6.07) is 21.5. The highest BCUT2D eigenvalue weighted by molar-refractivity contribution is 6.21. The number of benzene rings is 3. The van der Waals surface area contributed by atoms with Crippen molar-refractivity contribution in [1.29, 1.82) is 0 Å². The molecular formula is C27H25N3O3. The first-order valence-electron chi connectivity index (χ1n) is 11.1. The molecule has 6 heteroatoms. The van der Waals surface area contributed by atoms with E-state index in [2.05, 4.69) is 19.2 Å². The molecule has 0 saturated carbocycles. The van der Waals surface area contributed by atoms with Gasteiger partial charge in [0, 0.05) is 24.2 Å². The van der Waals surface area contributed by atoms with Crippen LogP contribution >= 0.6 is 0 Å². The largest absolute Gasteiger partial charge is 0.332 e. The Morgan fingerprint density at radius 1 is 0.909 bits per heavy atom. The maximum absolute atomic E-state index is 13.1. The number of nitrogens with zero attached hydrogens (tertiary/aromatic N) is 2. The van der Waals surface area contributed by atoms with Crippen LogP contribution in [0.15, 0.2) is 72.8 Å². The molecule has 0 bridgehead atoms. The predicted octanol–water partition coefficient (Wildman–Crippen LogP) is 4.96. The quantitative estimate of drug-likeness (QED) is 0.585. The van der Waals surface area contributed by atoms with Crippen molar-refractivity contribution in [1.82, 2.24) is 4.90 Å². The van der Waals surface area contributed by atoms with Crippen LogP contribution in [0.1, 0.15) is 46.8 Å². The number of carbonyl (C=O) groups excluding carboxylic acids is 3. The van der Waals surface area contributed by atoms with Crippen molar-refractivity contribution in [2.75, 3.05) is 10.2 Å². The predicted molar refractivity (Wildman–Crippen MR) is 127 cm³/mol. The van der Waals surface area contributed by atoms with Crippen LogP contribution in [0.3, 0.4) is 0 Å². The number of nitrogens with one attached hydrogen (secondary N) is 1. The summed E-state index contributed by atoms with van der Waals surface area (Å²) in [4.78, 5) is 41.6. The van der Waals surface area contributed by atoms with Gasteiger partial charge in [0.15, 0.2) is 0 Å². The molecule has 33 heavy (non-hydrogen) atoms. The van der Waals surface area contributed by atoms with Crippen LogP contribution in [-0.2, 0) is 17.8 Å². The van der Waals surface area contributed by atoms with Crippen molar-refractivity contribution in [3.63, 3.8) is 0 Å². The highest BCUT2D eigenvalue weighted by Gasteiger charge is 2.47. The van der Waals surface area contributed by atoms with Gasteiger partial charge < -0.3 is 10.2 Å². The van der Waals surface area contributed by atoms with E-state index in [0.717, 1.165) is 16.8 Å². The molecule has 2 aliphatic heterocycles. The minimum atomic E-state index is -0.482. The molecule has 0 aromatic heterocycles. The number of urea groups is 1. The molecule has 0 radical (unpaired) electrons. The van der Waals surface area contributed by atoms with Gasteiger partial charge in [0.05, 0.1) is 5.69 Å². The Hall–Kier alpha value is -3.93. The van der Waals surface area contributed by atoms with Crippen LogP contribution in [0.5, 0.6) is 0 Å². The fraction of sp³-hybridized carbons (Fsp3) is 0.222. The van der Waals surface area contributed by atoms with Crippen LogP contribution < -0.4 is 10.2 Å². The summed E-state index contributed by atoms with van der Waals surface area (Å²) in [5.41, 5.74) is 5.03. The molecule has 1 N–H and O–H groups in total. The Morgan fingerprint density at radius 2 is 1.58 bits per heavy atom. The van der Waals surface area contributed by atoms with Crippen molar-refractivity contribution in [2.24, 2.45) is 0 Å². The summed E-state index contributed by atoms with van der Waals surface area (Å²) in [7, 11) is 0. The second-order valence-corrected chi connectivity index (χ2v) is 8.85. The number of amides is 4. The first kappa shape index (κ1) is 20.9. The highest BCUT2D eigenvalue weighted by Crippen LogP contribution is 2.33. The van der Waals surface area contributed by atoms with Crippen LogP contribution in [0.25, 0.3) is 0 Å². The van der Waals surface area contributed by atoms with E-state index in [4.69, 9.17) is 0 Å². The SMILES string of the molecule is CC(C)c1ccc(NC(=O)c2ccc(N3C(=O)[C@H]4Cc5ccccc5CN4C3=O)cc2)cc1. The standard InChI is InChI=1S/C27H25N3O3/c1-17(2)18-7-11-22(12-8-18)28-25(31)19-9-13-23(14-10-19)30-26(32)24-15-20-5-3-4-6-21(20)16-29(24)27(30)33/h3-14,17,24H,15-16H2,1-2H3,(H,28,31)/t24-/m1/s1. The normalized spacial score (nSPS) is 17.2. The van der Waals surface area contributed by atoms with E-state index in [1.807, 2.05) is 48.5 Å². The third-order valence-electron chi connectivity index (χ3n) is 6.41. The van der Waals surface area contributed by atoms with Gasteiger partial charge in [-0.2, -0.15) is 0 Å². The maximum atomic E-state index is 13.1. The third-order valence-corrected chi connectivity index (χ3v) is 6.41. The number of anilines is 2. The average Bonchev–Trinajstić information content (AvgIpc) is 3.07. The summed E-state index contributed by atoms with van der Waals surface area (Å²) >= 11 is 0. The molecule has 4 amide bonds. The molecule has 2 aliphatic rings. The van der Waals surface area contributed by atoms with Gasteiger partial charge in [-0.25, -0.2) is 9.69 Å². The second kappa shape index (κ2) is 8.20. The fourth-order valence-corrected chi connectivity index (χ4v) is 4.47. The van der Waals surface area contributed by atoms with Gasteiger partial charge >= 0.3 is 6.03 Å². The van der Waals surface area contributed by atoms with E-state index in [1.165, 1.54) is 10.5 Å². The molecule has 1 atom stereocenters. The van der Waals surface area contributed by atoms with Crippen LogP contribution in [0.4, 0.5) is 16.2 Å². The van der Waals surface area contributed by atoms with Crippen molar-refractivity contribution in [3.8, 4) is 0 Å². The van der Waals surface area contributed by atoms with Gasteiger partial charge in [-0.15, -0.1) is 0 Å². The average molecular weight is 440 g/mol.